The quantitative estimate of drug-likeness (QED) is 0.469. The molecular formula is C26H26N2O6S. The largest absolute Gasteiger partial charge is 0.475 e. The van der Waals surface area contributed by atoms with Gasteiger partial charge < -0.3 is 14.4 Å². The van der Waals surface area contributed by atoms with Crippen molar-refractivity contribution in [3.8, 4) is 5.75 Å². The Morgan fingerprint density at radius 2 is 1.66 bits per heavy atom. The van der Waals surface area contributed by atoms with Crippen LogP contribution in [0.15, 0.2) is 83.8 Å². The van der Waals surface area contributed by atoms with Gasteiger partial charge in [0.25, 0.3) is 0 Å². The van der Waals surface area contributed by atoms with Crippen molar-refractivity contribution in [1.82, 2.24) is 4.31 Å². The Labute approximate surface area is 204 Å². The number of carbonyl (C=O) groups excluding carboxylic acids is 2. The van der Waals surface area contributed by atoms with Crippen LogP contribution in [0.3, 0.4) is 0 Å². The van der Waals surface area contributed by atoms with Crippen molar-refractivity contribution < 1.29 is 27.5 Å². The summed E-state index contributed by atoms with van der Waals surface area (Å²) >= 11 is 0. The van der Waals surface area contributed by atoms with Crippen molar-refractivity contribution in [3.05, 3.63) is 90.0 Å². The highest BCUT2D eigenvalue weighted by molar-refractivity contribution is 7.89. The van der Waals surface area contributed by atoms with Gasteiger partial charge in [0.15, 0.2) is 0 Å². The van der Waals surface area contributed by atoms with Gasteiger partial charge in [0.2, 0.25) is 22.0 Å². The number of sulfonamides is 1. The topological polar surface area (TPSA) is 93.2 Å². The summed E-state index contributed by atoms with van der Waals surface area (Å²) in [6.07, 6.45) is -1.02. The van der Waals surface area contributed by atoms with Crippen LogP contribution in [0.5, 0.6) is 5.75 Å². The number of esters is 1. The number of fused-ring (bicyclic) bond motifs is 1. The normalized spacial score (nSPS) is 15.3. The van der Waals surface area contributed by atoms with Gasteiger partial charge in [-0.25, -0.2) is 13.2 Å². The zero-order chi connectivity index (χ0) is 25.0. The number of amides is 1. The number of hydrogen-bond acceptors (Lipinski definition) is 6. The summed E-state index contributed by atoms with van der Waals surface area (Å²) in [5.74, 6) is -0.759. The van der Waals surface area contributed by atoms with Crippen molar-refractivity contribution >= 4 is 27.6 Å². The number of benzene rings is 3. The molecule has 1 heterocycles. The lowest BCUT2D eigenvalue weighted by molar-refractivity contribution is -0.148. The molecule has 0 fully saturated rings. The Hall–Kier alpha value is -3.69. The van der Waals surface area contributed by atoms with Gasteiger partial charge in [-0.15, -0.1) is 0 Å². The number of aryl methyl sites for hydroxylation is 1. The first-order valence-electron chi connectivity index (χ1n) is 11.0. The molecule has 0 radical (unpaired) electrons. The van der Waals surface area contributed by atoms with E-state index < -0.39 is 34.5 Å². The summed E-state index contributed by atoms with van der Waals surface area (Å²) in [4.78, 5) is 27.2. The van der Waals surface area contributed by atoms with Gasteiger partial charge in [0.05, 0.1) is 30.8 Å². The van der Waals surface area contributed by atoms with Gasteiger partial charge in [0, 0.05) is 6.54 Å². The first-order chi connectivity index (χ1) is 16.8. The van der Waals surface area contributed by atoms with Crippen molar-refractivity contribution in [3.63, 3.8) is 0 Å². The van der Waals surface area contributed by atoms with Gasteiger partial charge in [-0.3, -0.25) is 4.79 Å². The molecule has 0 unspecified atom stereocenters. The number of methoxy groups -OCH3 is 1. The second-order valence-electron chi connectivity index (χ2n) is 8.17. The standard InChI is InChI=1S/C26H26N2O6S/c1-19-12-14-21(15-13-19)35(31,32)27(16-20-8-4-3-5-9-20)18-25(29)28-17-24(26(30)33-2)34-23-11-7-6-10-22(23)28/h3-15,24H,16-18H2,1-2H3/t24-/m1/s1. The molecule has 1 aliphatic heterocycles. The molecule has 8 nitrogen and oxygen atoms in total. The predicted molar refractivity (Wildman–Crippen MR) is 130 cm³/mol. The number of rotatable bonds is 7. The lowest BCUT2D eigenvalue weighted by atomic mass is 10.2. The first kappa shape index (κ1) is 24.4. The summed E-state index contributed by atoms with van der Waals surface area (Å²) in [6, 6.07) is 22.4. The zero-order valence-corrected chi connectivity index (χ0v) is 20.3. The average molecular weight is 495 g/mol. The molecule has 9 heteroatoms. The Balaban J connectivity index is 1.67. The molecule has 4 rings (SSSR count). The molecule has 0 aliphatic carbocycles. The monoisotopic (exact) mass is 494 g/mol. The minimum atomic E-state index is -4.00. The van der Waals surface area contributed by atoms with Crippen molar-refractivity contribution in [2.45, 2.75) is 24.5 Å². The summed E-state index contributed by atoms with van der Waals surface area (Å²) < 4.78 is 38.8. The summed E-state index contributed by atoms with van der Waals surface area (Å²) in [7, 11) is -2.75. The molecule has 0 N–H and O–H groups in total. The predicted octanol–water partition coefficient (Wildman–Crippen LogP) is 3.15. The van der Waals surface area contributed by atoms with Crippen LogP contribution in [0.1, 0.15) is 11.1 Å². The second-order valence-corrected chi connectivity index (χ2v) is 10.1. The average Bonchev–Trinajstić information content (AvgIpc) is 2.88. The molecule has 3 aromatic carbocycles. The highest BCUT2D eigenvalue weighted by Gasteiger charge is 2.36. The third-order valence-corrected chi connectivity index (χ3v) is 7.52. The lowest BCUT2D eigenvalue weighted by Gasteiger charge is -2.34. The first-order valence-corrected chi connectivity index (χ1v) is 12.5. The van der Waals surface area contributed by atoms with Crippen LogP contribution in [0.2, 0.25) is 0 Å². The van der Waals surface area contributed by atoms with Gasteiger partial charge in [-0.2, -0.15) is 4.31 Å². The number of carbonyl (C=O) groups is 2. The SMILES string of the molecule is COC(=O)[C@H]1CN(C(=O)CN(Cc2ccccc2)S(=O)(=O)c2ccc(C)cc2)c2ccccc2O1. The molecule has 35 heavy (non-hydrogen) atoms. The van der Waals surface area contributed by atoms with E-state index in [1.807, 2.05) is 25.1 Å². The molecule has 0 bridgehead atoms. The Morgan fingerprint density at radius 1 is 1.00 bits per heavy atom. The van der Waals surface area contributed by atoms with Crippen LogP contribution in [-0.4, -0.2) is 50.9 Å². The highest BCUT2D eigenvalue weighted by atomic mass is 32.2. The van der Waals surface area contributed by atoms with Crippen molar-refractivity contribution in [2.24, 2.45) is 0 Å². The third-order valence-electron chi connectivity index (χ3n) is 5.71. The lowest BCUT2D eigenvalue weighted by Crippen LogP contribution is -2.50. The number of hydrogen-bond donors (Lipinski definition) is 0. The molecule has 182 valence electrons. The number of ether oxygens (including phenoxy) is 2. The minimum Gasteiger partial charge on any atom is -0.475 e. The summed E-state index contributed by atoms with van der Waals surface area (Å²) in [5.41, 5.74) is 2.13. The highest BCUT2D eigenvalue weighted by Crippen LogP contribution is 2.34. The number of anilines is 1. The molecule has 1 aliphatic rings. The van der Waals surface area contributed by atoms with Crippen LogP contribution in [0.4, 0.5) is 5.69 Å². The molecular weight excluding hydrogens is 468 g/mol. The van der Waals surface area contributed by atoms with Gasteiger partial charge in [0.1, 0.15) is 5.75 Å². The Kier molecular flexibility index (Phi) is 7.18. The van der Waals surface area contributed by atoms with E-state index in [0.29, 0.717) is 11.4 Å². The van der Waals surface area contributed by atoms with E-state index in [9.17, 15) is 18.0 Å². The molecule has 3 aromatic rings. The maximum absolute atomic E-state index is 13.6. The molecule has 0 aromatic heterocycles. The van der Waals surface area contributed by atoms with Crippen molar-refractivity contribution in [1.29, 1.82) is 0 Å². The van der Waals surface area contributed by atoms with Crippen LogP contribution in [0, 0.1) is 6.92 Å². The van der Waals surface area contributed by atoms with E-state index in [1.165, 1.54) is 24.1 Å². The van der Waals surface area contributed by atoms with E-state index >= 15 is 0 Å². The van der Waals surface area contributed by atoms with Crippen LogP contribution in [0.25, 0.3) is 0 Å². The van der Waals surface area contributed by atoms with Crippen LogP contribution in [-0.2, 0) is 30.9 Å². The van der Waals surface area contributed by atoms with Crippen LogP contribution < -0.4 is 9.64 Å². The van der Waals surface area contributed by atoms with E-state index in [-0.39, 0.29) is 18.0 Å². The molecule has 0 spiro atoms. The fourth-order valence-corrected chi connectivity index (χ4v) is 5.21. The number of nitrogens with zero attached hydrogens (tertiary/aromatic N) is 2. The fraction of sp³-hybridized carbons (Fsp3) is 0.231. The molecule has 0 saturated carbocycles. The number of para-hydroxylation sites is 2. The van der Waals surface area contributed by atoms with E-state index in [4.69, 9.17) is 9.47 Å². The molecule has 0 saturated heterocycles. The Bertz CT molecular complexity index is 1310. The zero-order valence-electron chi connectivity index (χ0n) is 19.5. The maximum Gasteiger partial charge on any atom is 0.348 e. The fourth-order valence-electron chi connectivity index (χ4n) is 3.83. The van der Waals surface area contributed by atoms with Gasteiger partial charge in [-0.1, -0.05) is 60.2 Å². The smallest absolute Gasteiger partial charge is 0.348 e. The van der Waals surface area contributed by atoms with Gasteiger partial charge >= 0.3 is 5.97 Å². The molecule has 1 atom stereocenters. The van der Waals surface area contributed by atoms with Crippen molar-refractivity contribution in [2.75, 3.05) is 25.1 Å². The molecule has 1 amide bonds. The Morgan fingerprint density at radius 3 is 2.34 bits per heavy atom. The minimum absolute atomic E-state index is 0.00913. The second kappa shape index (κ2) is 10.3. The van der Waals surface area contributed by atoms with E-state index in [0.717, 1.165) is 15.4 Å². The third kappa shape index (κ3) is 5.36. The summed E-state index contributed by atoms with van der Waals surface area (Å²) in [6.45, 7) is 1.37. The van der Waals surface area contributed by atoms with Gasteiger partial charge in [-0.05, 0) is 36.8 Å². The summed E-state index contributed by atoms with van der Waals surface area (Å²) in [5, 5.41) is 0. The van der Waals surface area contributed by atoms with Crippen LogP contribution >= 0.6 is 0 Å². The van der Waals surface area contributed by atoms with E-state index in [2.05, 4.69) is 0 Å². The van der Waals surface area contributed by atoms with E-state index in [1.54, 1.807) is 48.5 Å². The maximum atomic E-state index is 13.6.